The molecule has 3 rings (SSSR count). The third-order valence-electron chi connectivity index (χ3n) is 3.63. The summed E-state index contributed by atoms with van der Waals surface area (Å²) in [5.41, 5.74) is 0.438. The third-order valence-corrected chi connectivity index (χ3v) is 3.63. The minimum atomic E-state index is -4.49. The van der Waals surface area contributed by atoms with Gasteiger partial charge in [0.1, 0.15) is 0 Å². The minimum Gasteiger partial charge on any atom is -0.325 e. The summed E-state index contributed by atoms with van der Waals surface area (Å²) in [6.45, 7) is 0. The van der Waals surface area contributed by atoms with Gasteiger partial charge in [-0.3, -0.25) is 4.79 Å². The second kappa shape index (κ2) is 4.91. The number of hydrogen-bond donors (Lipinski definition) is 1. The molecule has 2 aromatic rings. The Morgan fingerprint density at radius 1 is 1.00 bits per heavy atom. The average molecular weight is 291 g/mol. The van der Waals surface area contributed by atoms with Crippen molar-refractivity contribution >= 4 is 11.6 Å². The van der Waals surface area contributed by atoms with Crippen LogP contribution in [0.2, 0.25) is 0 Å². The summed E-state index contributed by atoms with van der Waals surface area (Å²) in [6.07, 6.45) is -4.34. The molecule has 2 aromatic carbocycles. The van der Waals surface area contributed by atoms with E-state index in [1.54, 1.807) is 6.07 Å². The lowest BCUT2D eigenvalue weighted by molar-refractivity contribution is -0.137. The summed E-state index contributed by atoms with van der Waals surface area (Å²) in [4.78, 5) is 11.8. The quantitative estimate of drug-likeness (QED) is 0.839. The van der Waals surface area contributed by atoms with Crippen molar-refractivity contribution in [2.24, 2.45) is 0 Å². The van der Waals surface area contributed by atoms with Crippen molar-refractivity contribution in [2.75, 3.05) is 5.32 Å². The molecule has 1 aliphatic rings. The van der Waals surface area contributed by atoms with Crippen molar-refractivity contribution in [2.45, 2.75) is 18.5 Å². The topological polar surface area (TPSA) is 29.1 Å². The van der Waals surface area contributed by atoms with E-state index in [2.05, 4.69) is 5.32 Å². The molecule has 0 radical (unpaired) electrons. The molecule has 1 atom stereocenters. The number of nitrogens with one attached hydrogen (secondary N) is 1. The van der Waals surface area contributed by atoms with Crippen LogP contribution >= 0.6 is 0 Å². The van der Waals surface area contributed by atoms with Crippen LogP contribution in [0.4, 0.5) is 18.9 Å². The van der Waals surface area contributed by atoms with E-state index < -0.39 is 17.6 Å². The first-order valence-electron chi connectivity index (χ1n) is 6.51. The van der Waals surface area contributed by atoms with Gasteiger partial charge >= 0.3 is 6.18 Å². The zero-order valence-electron chi connectivity index (χ0n) is 10.9. The van der Waals surface area contributed by atoms with Crippen molar-refractivity contribution in [3.63, 3.8) is 0 Å². The molecule has 108 valence electrons. The van der Waals surface area contributed by atoms with Crippen molar-refractivity contribution < 1.29 is 18.0 Å². The number of rotatable bonds is 1. The van der Waals surface area contributed by atoms with Gasteiger partial charge in [-0.05, 0) is 17.2 Å². The largest absolute Gasteiger partial charge is 0.418 e. The smallest absolute Gasteiger partial charge is 0.325 e. The predicted octanol–water partition coefficient (Wildman–Crippen LogP) is 4.18. The maximum Gasteiger partial charge on any atom is 0.418 e. The van der Waals surface area contributed by atoms with E-state index >= 15 is 0 Å². The molecule has 1 N–H and O–H groups in total. The summed E-state index contributed by atoms with van der Waals surface area (Å²) >= 11 is 0. The monoisotopic (exact) mass is 291 g/mol. The first kappa shape index (κ1) is 13.7. The lowest BCUT2D eigenvalue weighted by atomic mass is 9.83. The summed E-state index contributed by atoms with van der Waals surface area (Å²) in [6, 6.07) is 13.1. The molecule has 0 fully saturated rings. The number of amides is 1. The Labute approximate surface area is 119 Å². The molecule has 1 heterocycles. The Morgan fingerprint density at radius 2 is 1.71 bits per heavy atom. The summed E-state index contributed by atoms with van der Waals surface area (Å²) in [5, 5.41) is 2.38. The first-order chi connectivity index (χ1) is 9.97. The van der Waals surface area contributed by atoms with E-state index in [1.165, 1.54) is 6.07 Å². The molecule has 1 amide bonds. The van der Waals surface area contributed by atoms with Gasteiger partial charge in [-0.15, -0.1) is 0 Å². The van der Waals surface area contributed by atoms with E-state index in [-0.39, 0.29) is 18.0 Å². The van der Waals surface area contributed by atoms with E-state index in [9.17, 15) is 18.0 Å². The molecule has 0 aliphatic carbocycles. The molecule has 0 aromatic heterocycles. The fraction of sp³-hybridized carbons (Fsp3) is 0.188. The molecule has 5 heteroatoms. The number of anilines is 1. The van der Waals surface area contributed by atoms with Gasteiger partial charge in [0.2, 0.25) is 5.91 Å². The normalized spacial score (nSPS) is 18.0. The van der Waals surface area contributed by atoms with Gasteiger partial charge < -0.3 is 5.32 Å². The highest BCUT2D eigenvalue weighted by molar-refractivity contribution is 5.96. The fourth-order valence-electron chi connectivity index (χ4n) is 2.70. The molecule has 0 bridgehead atoms. The Balaban J connectivity index is 2.16. The third kappa shape index (κ3) is 2.51. The average Bonchev–Trinajstić information content (AvgIpc) is 2.45. The zero-order valence-corrected chi connectivity index (χ0v) is 10.9. The van der Waals surface area contributed by atoms with E-state index in [4.69, 9.17) is 0 Å². The maximum atomic E-state index is 13.1. The number of para-hydroxylation sites is 1. The SMILES string of the molecule is O=C1CC(c2ccccc2)c2cccc(C(F)(F)F)c2N1. The number of halogens is 3. The van der Waals surface area contributed by atoms with Crippen LogP contribution in [0.1, 0.15) is 29.0 Å². The van der Waals surface area contributed by atoms with Gasteiger partial charge in [0.15, 0.2) is 0 Å². The van der Waals surface area contributed by atoms with Crippen LogP contribution in [0.3, 0.4) is 0 Å². The van der Waals surface area contributed by atoms with Gasteiger partial charge in [-0.1, -0.05) is 42.5 Å². The Morgan fingerprint density at radius 3 is 2.38 bits per heavy atom. The molecule has 0 saturated carbocycles. The fourth-order valence-corrected chi connectivity index (χ4v) is 2.70. The van der Waals surface area contributed by atoms with Crippen molar-refractivity contribution in [1.29, 1.82) is 0 Å². The van der Waals surface area contributed by atoms with Crippen LogP contribution in [0.15, 0.2) is 48.5 Å². The maximum absolute atomic E-state index is 13.1. The Kier molecular flexibility index (Phi) is 3.20. The predicted molar refractivity (Wildman–Crippen MR) is 73.0 cm³/mol. The number of alkyl halides is 3. The molecule has 1 unspecified atom stereocenters. The van der Waals surface area contributed by atoms with Gasteiger partial charge in [-0.2, -0.15) is 13.2 Å². The molecule has 2 nitrogen and oxygen atoms in total. The van der Waals surface area contributed by atoms with Crippen molar-refractivity contribution in [3.05, 3.63) is 65.2 Å². The highest BCUT2D eigenvalue weighted by Crippen LogP contribution is 2.43. The van der Waals surface area contributed by atoms with Gasteiger partial charge in [0.05, 0.1) is 11.3 Å². The highest BCUT2D eigenvalue weighted by Gasteiger charge is 2.38. The Bertz CT molecular complexity index is 680. The lowest BCUT2D eigenvalue weighted by Crippen LogP contribution is -2.26. The van der Waals surface area contributed by atoms with Crippen molar-refractivity contribution in [3.8, 4) is 0 Å². The van der Waals surface area contributed by atoms with E-state index in [0.29, 0.717) is 5.56 Å². The minimum absolute atomic E-state index is 0.116. The van der Waals surface area contributed by atoms with Crippen LogP contribution < -0.4 is 5.32 Å². The zero-order chi connectivity index (χ0) is 15.0. The van der Waals surface area contributed by atoms with Gasteiger partial charge in [-0.25, -0.2) is 0 Å². The van der Waals surface area contributed by atoms with E-state index in [0.717, 1.165) is 11.6 Å². The van der Waals surface area contributed by atoms with Crippen LogP contribution in [-0.4, -0.2) is 5.91 Å². The number of benzene rings is 2. The van der Waals surface area contributed by atoms with Crippen LogP contribution in [-0.2, 0) is 11.0 Å². The molecule has 21 heavy (non-hydrogen) atoms. The summed E-state index contributed by atoms with van der Waals surface area (Å²) < 4.78 is 39.2. The van der Waals surface area contributed by atoms with Crippen LogP contribution in [0.5, 0.6) is 0 Å². The highest BCUT2D eigenvalue weighted by atomic mass is 19.4. The molecule has 1 aliphatic heterocycles. The summed E-state index contributed by atoms with van der Waals surface area (Å²) in [7, 11) is 0. The van der Waals surface area contributed by atoms with Gasteiger partial charge in [0.25, 0.3) is 0 Å². The molecule has 0 spiro atoms. The molecular weight excluding hydrogens is 279 g/mol. The number of fused-ring (bicyclic) bond motifs is 1. The summed E-state index contributed by atoms with van der Waals surface area (Å²) in [5.74, 6) is -0.745. The van der Waals surface area contributed by atoms with Crippen LogP contribution in [0.25, 0.3) is 0 Å². The standard InChI is InChI=1S/C16H12F3NO/c17-16(18,19)13-8-4-7-11-12(9-14(21)20-15(11)13)10-5-2-1-3-6-10/h1-8,12H,9H2,(H,20,21). The number of hydrogen-bond acceptors (Lipinski definition) is 1. The first-order valence-corrected chi connectivity index (χ1v) is 6.51. The van der Waals surface area contributed by atoms with Crippen LogP contribution in [0, 0.1) is 0 Å². The second-order valence-corrected chi connectivity index (χ2v) is 4.98. The lowest BCUT2D eigenvalue weighted by Gasteiger charge is -2.28. The van der Waals surface area contributed by atoms with Gasteiger partial charge in [0, 0.05) is 12.3 Å². The molecular formula is C16H12F3NO. The second-order valence-electron chi connectivity index (χ2n) is 4.98. The number of carbonyl (C=O) groups is 1. The Hall–Kier alpha value is -2.30. The van der Waals surface area contributed by atoms with Crippen molar-refractivity contribution in [1.82, 2.24) is 0 Å². The number of carbonyl (C=O) groups excluding carboxylic acids is 1. The molecule has 0 saturated heterocycles. The van der Waals surface area contributed by atoms with E-state index in [1.807, 2.05) is 30.3 Å².